The summed E-state index contributed by atoms with van der Waals surface area (Å²) in [5.74, 6) is 0. The van der Waals surface area contributed by atoms with Crippen LogP contribution in [0.4, 0.5) is 0 Å². The van der Waals surface area contributed by atoms with Gasteiger partial charge in [0.2, 0.25) is 0 Å². The minimum Gasteiger partial charge on any atom is -0.309 e. The first-order chi connectivity index (χ1) is 21.3. The highest BCUT2D eigenvalue weighted by molar-refractivity contribution is 6.21. The fraction of sp³-hybridized carbons (Fsp3) is 0. The summed E-state index contributed by atoms with van der Waals surface area (Å²) in [6, 6.07) is 56.0. The molecular weight excluding hydrogens is 518 g/mol. The van der Waals surface area contributed by atoms with Crippen molar-refractivity contribution in [3.63, 3.8) is 0 Å². The van der Waals surface area contributed by atoms with Gasteiger partial charge >= 0.3 is 0 Å². The van der Waals surface area contributed by atoms with Crippen LogP contribution in [0.15, 0.2) is 152 Å². The lowest BCUT2D eigenvalue weighted by molar-refractivity contribution is 1.19. The Morgan fingerprint density at radius 1 is 0.326 bits per heavy atom. The van der Waals surface area contributed by atoms with Crippen LogP contribution in [0.1, 0.15) is 0 Å². The molecule has 1 aromatic heterocycles. The first-order valence-corrected chi connectivity index (χ1v) is 14.9. The summed E-state index contributed by atoms with van der Waals surface area (Å²) >= 11 is 0. The zero-order chi connectivity index (χ0) is 28.1. The Labute approximate surface area is 248 Å². The lowest BCUT2D eigenvalue weighted by Gasteiger charge is -2.26. The van der Waals surface area contributed by atoms with Crippen LogP contribution in [0, 0.1) is 0 Å². The molecule has 0 saturated heterocycles. The third-order valence-corrected chi connectivity index (χ3v) is 9.44. The van der Waals surface area contributed by atoms with Crippen molar-refractivity contribution in [1.29, 1.82) is 0 Å². The van der Waals surface area contributed by atoms with Crippen molar-refractivity contribution in [3.05, 3.63) is 152 Å². The number of hydrogen-bond donors (Lipinski definition) is 0. The summed E-state index contributed by atoms with van der Waals surface area (Å²) < 4.78 is 2.43. The van der Waals surface area contributed by atoms with E-state index in [1.807, 2.05) is 0 Å². The van der Waals surface area contributed by atoms with E-state index in [1.165, 1.54) is 93.2 Å². The SMILES string of the molecule is c1ccc(-c2ccc3cc4c(cc3c2)-c2cc3cc(-n5c6ccccc6c6c7ccccc7ccc65)ccc3cc2-4)cc1. The Morgan fingerprint density at radius 2 is 0.930 bits per heavy atom. The van der Waals surface area contributed by atoms with Gasteiger partial charge in [-0.05, 0) is 120 Å². The Hall–Kier alpha value is -5.66. The number of hydrogen-bond acceptors (Lipinski definition) is 0. The molecule has 43 heavy (non-hydrogen) atoms. The molecule has 9 aromatic rings. The van der Waals surface area contributed by atoms with Crippen LogP contribution in [0.5, 0.6) is 0 Å². The van der Waals surface area contributed by atoms with Crippen LogP contribution < -0.4 is 0 Å². The molecule has 1 aliphatic rings. The highest BCUT2D eigenvalue weighted by Crippen LogP contribution is 2.50. The van der Waals surface area contributed by atoms with E-state index >= 15 is 0 Å². The van der Waals surface area contributed by atoms with E-state index in [4.69, 9.17) is 0 Å². The van der Waals surface area contributed by atoms with E-state index in [1.54, 1.807) is 0 Å². The molecule has 0 bridgehead atoms. The van der Waals surface area contributed by atoms with Gasteiger partial charge in [0, 0.05) is 16.5 Å². The third-order valence-electron chi connectivity index (χ3n) is 9.44. The second-order valence-corrected chi connectivity index (χ2v) is 11.8. The summed E-state index contributed by atoms with van der Waals surface area (Å²) in [4.78, 5) is 0. The molecule has 0 atom stereocenters. The summed E-state index contributed by atoms with van der Waals surface area (Å²) in [6.45, 7) is 0. The van der Waals surface area contributed by atoms with Crippen molar-refractivity contribution in [2.24, 2.45) is 0 Å². The van der Waals surface area contributed by atoms with Crippen LogP contribution >= 0.6 is 0 Å². The maximum absolute atomic E-state index is 2.43. The lowest BCUT2D eigenvalue weighted by atomic mass is 9.77. The maximum atomic E-state index is 2.43. The molecule has 0 amide bonds. The Kier molecular flexibility index (Phi) is 4.51. The highest BCUT2D eigenvalue weighted by Gasteiger charge is 2.24. The predicted molar refractivity (Wildman–Crippen MR) is 183 cm³/mol. The maximum Gasteiger partial charge on any atom is 0.0547 e. The van der Waals surface area contributed by atoms with E-state index in [2.05, 4.69) is 156 Å². The van der Waals surface area contributed by atoms with Gasteiger partial charge in [0.25, 0.3) is 0 Å². The average molecular weight is 544 g/mol. The molecule has 0 saturated carbocycles. The van der Waals surface area contributed by atoms with Crippen molar-refractivity contribution in [1.82, 2.24) is 4.57 Å². The van der Waals surface area contributed by atoms with Crippen LogP contribution in [0.25, 0.3) is 93.2 Å². The Balaban J connectivity index is 1.14. The van der Waals surface area contributed by atoms with E-state index in [0.29, 0.717) is 0 Å². The molecule has 0 radical (unpaired) electrons. The summed E-state index contributed by atoms with van der Waals surface area (Å²) in [5.41, 5.74) is 11.6. The fourth-order valence-corrected chi connectivity index (χ4v) is 7.38. The molecule has 198 valence electrons. The minimum absolute atomic E-state index is 1.19. The largest absolute Gasteiger partial charge is 0.309 e. The summed E-state index contributed by atoms with van der Waals surface area (Å²) in [6.07, 6.45) is 0. The van der Waals surface area contributed by atoms with Gasteiger partial charge in [-0.3, -0.25) is 0 Å². The van der Waals surface area contributed by atoms with Crippen molar-refractivity contribution in [2.75, 3.05) is 0 Å². The first kappa shape index (κ1) is 23.0. The van der Waals surface area contributed by atoms with Gasteiger partial charge in [0.05, 0.1) is 11.0 Å². The van der Waals surface area contributed by atoms with Crippen molar-refractivity contribution in [3.8, 4) is 39.1 Å². The minimum atomic E-state index is 1.19. The topological polar surface area (TPSA) is 4.93 Å². The third kappa shape index (κ3) is 3.22. The first-order valence-electron chi connectivity index (χ1n) is 14.9. The van der Waals surface area contributed by atoms with Crippen molar-refractivity contribution in [2.45, 2.75) is 0 Å². The molecular formula is C42H25N. The molecule has 0 N–H and O–H groups in total. The van der Waals surface area contributed by atoms with Gasteiger partial charge in [-0.1, -0.05) is 97.1 Å². The normalized spacial score (nSPS) is 12.2. The van der Waals surface area contributed by atoms with Gasteiger partial charge in [-0.25, -0.2) is 0 Å². The van der Waals surface area contributed by atoms with Gasteiger partial charge in [0.15, 0.2) is 0 Å². The van der Waals surface area contributed by atoms with E-state index < -0.39 is 0 Å². The zero-order valence-electron chi connectivity index (χ0n) is 23.4. The molecule has 1 heteroatoms. The molecule has 1 heterocycles. The average Bonchev–Trinajstić information content (AvgIpc) is 3.41. The molecule has 1 nitrogen and oxygen atoms in total. The fourth-order valence-electron chi connectivity index (χ4n) is 7.38. The zero-order valence-corrected chi connectivity index (χ0v) is 23.4. The predicted octanol–water partition coefficient (Wildman–Crippen LogP) is 11.6. The molecule has 10 rings (SSSR count). The quantitative estimate of drug-likeness (QED) is 0.204. The monoisotopic (exact) mass is 543 g/mol. The van der Waals surface area contributed by atoms with Gasteiger partial charge in [-0.2, -0.15) is 0 Å². The van der Waals surface area contributed by atoms with Gasteiger partial charge in [-0.15, -0.1) is 0 Å². The number of rotatable bonds is 2. The smallest absolute Gasteiger partial charge is 0.0547 e. The molecule has 8 aromatic carbocycles. The number of para-hydroxylation sites is 1. The second-order valence-electron chi connectivity index (χ2n) is 11.8. The van der Waals surface area contributed by atoms with Crippen LogP contribution in [-0.2, 0) is 0 Å². The summed E-state index contributed by atoms with van der Waals surface area (Å²) in [5, 5.41) is 10.3. The molecule has 0 spiro atoms. The highest BCUT2D eigenvalue weighted by atomic mass is 15.0. The number of nitrogens with zero attached hydrogens (tertiary/aromatic N) is 1. The number of aromatic nitrogens is 1. The summed E-state index contributed by atoms with van der Waals surface area (Å²) in [7, 11) is 0. The molecule has 0 aliphatic heterocycles. The Bertz CT molecular complexity index is 2600. The van der Waals surface area contributed by atoms with Crippen LogP contribution in [-0.4, -0.2) is 4.57 Å². The van der Waals surface area contributed by atoms with Crippen molar-refractivity contribution < 1.29 is 0 Å². The second kappa shape index (κ2) is 8.44. The van der Waals surface area contributed by atoms with Crippen molar-refractivity contribution >= 4 is 54.1 Å². The van der Waals surface area contributed by atoms with E-state index in [0.717, 1.165) is 0 Å². The number of benzene rings is 8. The molecule has 0 unspecified atom stereocenters. The molecule has 1 aliphatic carbocycles. The van der Waals surface area contributed by atoms with Gasteiger partial charge < -0.3 is 4.57 Å². The van der Waals surface area contributed by atoms with E-state index in [9.17, 15) is 0 Å². The van der Waals surface area contributed by atoms with Crippen LogP contribution in [0.3, 0.4) is 0 Å². The van der Waals surface area contributed by atoms with Gasteiger partial charge in [0.1, 0.15) is 0 Å². The van der Waals surface area contributed by atoms with Crippen LogP contribution in [0.2, 0.25) is 0 Å². The lowest BCUT2D eigenvalue weighted by Crippen LogP contribution is -2.00. The number of fused-ring (bicyclic) bond motifs is 11. The Morgan fingerprint density at radius 3 is 1.72 bits per heavy atom. The molecule has 0 fully saturated rings. The van der Waals surface area contributed by atoms with E-state index in [-0.39, 0.29) is 0 Å². The standard InChI is InChI=1S/C42H25N/c1-2-8-26(9-3-1)28-14-15-29-22-36-37-23-30-16-18-33(21-32(30)25-39(37)38(36)24-31(29)20-28)43-40-13-7-6-12-35(40)42-34-11-5-4-10-27(34)17-19-41(42)43/h1-25H.